The number of rotatable bonds is 4. The van der Waals surface area contributed by atoms with Crippen molar-refractivity contribution in [3.63, 3.8) is 0 Å². The Hall–Kier alpha value is -0.570. The summed E-state index contributed by atoms with van der Waals surface area (Å²) in [6.45, 7) is 4.79. The van der Waals surface area contributed by atoms with Crippen LogP contribution in [0.25, 0.3) is 0 Å². The molecule has 2 rings (SSSR count). The van der Waals surface area contributed by atoms with Gasteiger partial charge in [-0.3, -0.25) is 4.79 Å². The second-order valence-electron chi connectivity index (χ2n) is 6.31. The first-order valence-electron chi connectivity index (χ1n) is 8.30. The molecule has 1 aliphatic carbocycles. The van der Waals surface area contributed by atoms with E-state index in [9.17, 15) is 4.79 Å². The Morgan fingerprint density at radius 3 is 2.53 bits per heavy atom. The molecule has 110 valence electrons. The van der Waals surface area contributed by atoms with Crippen molar-refractivity contribution in [2.75, 3.05) is 19.6 Å². The number of hydrogen-bond donors (Lipinski definition) is 1. The predicted octanol–water partition coefficient (Wildman–Crippen LogP) is 2.95. The molecule has 1 aliphatic heterocycles. The van der Waals surface area contributed by atoms with E-state index in [4.69, 9.17) is 0 Å². The molecule has 0 spiro atoms. The van der Waals surface area contributed by atoms with Crippen molar-refractivity contribution in [3.05, 3.63) is 0 Å². The normalized spacial score (nSPS) is 29.0. The summed E-state index contributed by atoms with van der Waals surface area (Å²) in [6.07, 6.45) is 11.5. The first-order valence-corrected chi connectivity index (χ1v) is 8.30. The lowest BCUT2D eigenvalue weighted by molar-refractivity contribution is -0.130. The predicted molar refractivity (Wildman–Crippen MR) is 79.1 cm³/mol. The summed E-state index contributed by atoms with van der Waals surface area (Å²) in [6, 6.07) is 0.578. The molecule has 0 aromatic carbocycles. The fourth-order valence-corrected chi connectivity index (χ4v) is 3.51. The topological polar surface area (TPSA) is 32.3 Å². The summed E-state index contributed by atoms with van der Waals surface area (Å²) in [5.41, 5.74) is 0. The molecular formula is C16H30N2O. The maximum atomic E-state index is 12.2. The van der Waals surface area contributed by atoms with E-state index in [0.29, 0.717) is 18.5 Å². The molecule has 1 saturated carbocycles. The van der Waals surface area contributed by atoms with Gasteiger partial charge < -0.3 is 10.2 Å². The number of nitrogens with one attached hydrogen (secondary N) is 1. The molecule has 0 aromatic rings. The van der Waals surface area contributed by atoms with E-state index in [0.717, 1.165) is 19.0 Å². The summed E-state index contributed by atoms with van der Waals surface area (Å²) in [7, 11) is 0. The Morgan fingerprint density at radius 1 is 1.11 bits per heavy atom. The van der Waals surface area contributed by atoms with Crippen LogP contribution in [0, 0.1) is 5.92 Å². The molecule has 19 heavy (non-hydrogen) atoms. The minimum atomic E-state index is 0.320. The largest absolute Gasteiger partial charge is 0.342 e. The van der Waals surface area contributed by atoms with E-state index in [1.54, 1.807) is 0 Å². The first kappa shape index (κ1) is 14.8. The van der Waals surface area contributed by atoms with Gasteiger partial charge in [0.1, 0.15) is 0 Å². The van der Waals surface area contributed by atoms with Crippen LogP contribution in [0.3, 0.4) is 0 Å². The average molecular weight is 266 g/mol. The van der Waals surface area contributed by atoms with Crippen molar-refractivity contribution in [2.45, 2.75) is 70.8 Å². The van der Waals surface area contributed by atoms with Crippen molar-refractivity contribution in [3.8, 4) is 0 Å². The molecule has 2 unspecified atom stereocenters. The van der Waals surface area contributed by atoms with E-state index in [1.807, 2.05) is 0 Å². The molecule has 2 atom stereocenters. The Morgan fingerprint density at radius 2 is 1.84 bits per heavy atom. The van der Waals surface area contributed by atoms with Gasteiger partial charge >= 0.3 is 0 Å². The minimum Gasteiger partial charge on any atom is -0.342 e. The maximum Gasteiger partial charge on any atom is 0.236 e. The van der Waals surface area contributed by atoms with Crippen LogP contribution in [-0.2, 0) is 4.79 Å². The van der Waals surface area contributed by atoms with Gasteiger partial charge in [-0.05, 0) is 31.6 Å². The summed E-state index contributed by atoms with van der Waals surface area (Å²) in [5.74, 6) is 1.19. The van der Waals surface area contributed by atoms with Gasteiger partial charge in [-0.1, -0.05) is 39.0 Å². The molecule has 3 heteroatoms. The standard InChI is InChI=1S/C16H30N2O/c1-2-14-8-7-9-15(12-14)17-13-16(19)18-10-5-3-4-6-11-18/h14-15,17H,2-13H2,1H3. The Bertz CT molecular complexity index is 272. The van der Waals surface area contributed by atoms with Gasteiger partial charge in [0.2, 0.25) is 5.91 Å². The van der Waals surface area contributed by atoms with Crippen LogP contribution in [0.4, 0.5) is 0 Å². The molecule has 1 N–H and O–H groups in total. The third kappa shape index (κ3) is 4.79. The monoisotopic (exact) mass is 266 g/mol. The number of amides is 1. The van der Waals surface area contributed by atoms with E-state index >= 15 is 0 Å². The van der Waals surface area contributed by atoms with Crippen molar-refractivity contribution in [2.24, 2.45) is 5.92 Å². The second kappa shape index (κ2) is 7.88. The highest BCUT2D eigenvalue weighted by molar-refractivity contribution is 5.78. The van der Waals surface area contributed by atoms with Gasteiger partial charge in [0.05, 0.1) is 6.54 Å². The second-order valence-corrected chi connectivity index (χ2v) is 6.31. The molecule has 1 amide bonds. The van der Waals surface area contributed by atoms with E-state index in [1.165, 1.54) is 57.8 Å². The van der Waals surface area contributed by atoms with Crippen molar-refractivity contribution < 1.29 is 4.79 Å². The van der Waals surface area contributed by atoms with Gasteiger partial charge in [0.25, 0.3) is 0 Å². The van der Waals surface area contributed by atoms with E-state index < -0.39 is 0 Å². The highest BCUT2D eigenvalue weighted by Crippen LogP contribution is 2.26. The lowest BCUT2D eigenvalue weighted by Gasteiger charge is -2.30. The number of hydrogen-bond acceptors (Lipinski definition) is 2. The average Bonchev–Trinajstić information content (AvgIpc) is 2.74. The molecule has 3 nitrogen and oxygen atoms in total. The smallest absolute Gasteiger partial charge is 0.236 e. The quantitative estimate of drug-likeness (QED) is 0.848. The van der Waals surface area contributed by atoms with Crippen LogP contribution in [0.2, 0.25) is 0 Å². The molecule has 2 aliphatic rings. The summed E-state index contributed by atoms with van der Waals surface area (Å²) < 4.78 is 0. The number of likely N-dealkylation sites (tertiary alicyclic amines) is 1. The van der Waals surface area contributed by atoms with Crippen LogP contribution in [0.15, 0.2) is 0 Å². The molecular weight excluding hydrogens is 236 g/mol. The maximum absolute atomic E-state index is 12.2. The van der Waals surface area contributed by atoms with Crippen molar-refractivity contribution in [1.82, 2.24) is 10.2 Å². The van der Waals surface area contributed by atoms with Gasteiger partial charge in [0.15, 0.2) is 0 Å². The minimum absolute atomic E-state index is 0.320. The van der Waals surface area contributed by atoms with E-state index in [2.05, 4.69) is 17.1 Å². The fraction of sp³-hybridized carbons (Fsp3) is 0.938. The van der Waals surface area contributed by atoms with Crippen LogP contribution in [0.1, 0.15) is 64.7 Å². The van der Waals surface area contributed by atoms with Gasteiger partial charge in [-0.2, -0.15) is 0 Å². The summed E-state index contributed by atoms with van der Waals surface area (Å²) in [4.78, 5) is 14.3. The molecule has 1 saturated heterocycles. The Kier molecular flexibility index (Phi) is 6.15. The van der Waals surface area contributed by atoms with Crippen LogP contribution in [-0.4, -0.2) is 36.5 Å². The van der Waals surface area contributed by atoms with Crippen LogP contribution in [0.5, 0.6) is 0 Å². The van der Waals surface area contributed by atoms with Gasteiger partial charge in [-0.15, -0.1) is 0 Å². The van der Waals surface area contributed by atoms with Crippen molar-refractivity contribution >= 4 is 5.91 Å². The number of nitrogens with zero attached hydrogens (tertiary/aromatic N) is 1. The molecule has 0 bridgehead atoms. The zero-order valence-corrected chi connectivity index (χ0v) is 12.5. The Labute approximate surface area is 118 Å². The summed E-state index contributed by atoms with van der Waals surface area (Å²) >= 11 is 0. The summed E-state index contributed by atoms with van der Waals surface area (Å²) in [5, 5.41) is 3.51. The molecule has 2 fully saturated rings. The number of carbonyl (C=O) groups is 1. The van der Waals surface area contributed by atoms with Crippen LogP contribution < -0.4 is 5.32 Å². The van der Waals surface area contributed by atoms with Gasteiger partial charge in [0, 0.05) is 19.1 Å². The molecule has 1 heterocycles. The lowest BCUT2D eigenvalue weighted by atomic mass is 9.84. The van der Waals surface area contributed by atoms with Crippen LogP contribution >= 0.6 is 0 Å². The highest BCUT2D eigenvalue weighted by atomic mass is 16.2. The lowest BCUT2D eigenvalue weighted by Crippen LogP contribution is -2.43. The number of carbonyl (C=O) groups excluding carboxylic acids is 1. The highest BCUT2D eigenvalue weighted by Gasteiger charge is 2.22. The SMILES string of the molecule is CCC1CCCC(NCC(=O)N2CCCCCC2)C1. The van der Waals surface area contributed by atoms with E-state index in [-0.39, 0.29) is 0 Å². The zero-order chi connectivity index (χ0) is 13.5. The third-order valence-corrected chi connectivity index (χ3v) is 4.86. The molecule has 0 radical (unpaired) electrons. The molecule has 0 aromatic heterocycles. The third-order valence-electron chi connectivity index (χ3n) is 4.86. The van der Waals surface area contributed by atoms with Gasteiger partial charge in [-0.25, -0.2) is 0 Å². The fourth-order valence-electron chi connectivity index (χ4n) is 3.51. The van der Waals surface area contributed by atoms with Crippen molar-refractivity contribution in [1.29, 1.82) is 0 Å². The first-order chi connectivity index (χ1) is 9.29. The Balaban J connectivity index is 1.70. The zero-order valence-electron chi connectivity index (χ0n) is 12.5.